The van der Waals surface area contributed by atoms with E-state index in [2.05, 4.69) is 24.2 Å². The summed E-state index contributed by atoms with van der Waals surface area (Å²) in [5.41, 5.74) is 0.859. The van der Waals surface area contributed by atoms with Gasteiger partial charge in [-0.25, -0.2) is 4.79 Å². The lowest BCUT2D eigenvalue weighted by molar-refractivity contribution is 0.0563. The van der Waals surface area contributed by atoms with Gasteiger partial charge in [-0.05, 0) is 32.0 Å². The third-order valence-corrected chi connectivity index (χ3v) is 3.78. The average molecular weight is 266 g/mol. The van der Waals surface area contributed by atoms with E-state index in [0.717, 1.165) is 25.1 Å². The molecule has 0 aromatic carbocycles. The molecule has 0 radical (unpaired) electrons. The van der Waals surface area contributed by atoms with E-state index in [-0.39, 0.29) is 0 Å². The van der Waals surface area contributed by atoms with E-state index in [1.54, 1.807) is 0 Å². The van der Waals surface area contributed by atoms with Crippen LogP contribution in [0.15, 0.2) is 16.7 Å². The van der Waals surface area contributed by atoms with Crippen LogP contribution >= 0.6 is 0 Å². The molecule has 1 aliphatic heterocycles. The molecule has 0 amide bonds. The normalized spacial score (nSPS) is 24.4. The van der Waals surface area contributed by atoms with Gasteiger partial charge in [0.2, 0.25) is 5.76 Å². The topological polar surface area (TPSA) is 54.7 Å². The van der Waals surface area contributed by atoms with Crippen LogP contribution in [0, 0.1) is 5.92 Å². The van der Waals surface area contributed by atoms with Gasteiger partial charge in [0.05, 0.1) is 13.4 Å². The molecule has 0 bridgehead atoms. The summed E-state index contributed by atoms with van der Waals surface area (Å²) in [5, 5.41) is 3.52. The Morgan fingerprint density at radius 2 is 2.42 bits per heavy atom. The molecular formula is C14H22N2O3. The standard InChI is InChI=1S/C14H22N2O3/c1-10-9-16(2)6-4-12(10)15-8-11-5-7-19-13(11)14(17)18-3/h5,7,10,12,15H,4,6,8-9H2,1-3H3. The van der Waals surface area contributed by atoms with Crippen molar-refractivity contribution in [1.29, 1.82) is 0 Å². The molecule has 0 aliphatic carbocycles. The van der Waals surface area contributed by atoms with E-state index in [0.29, 0.717) is 24.3 Å². The van der Waals surface area contributed by atoms with E-state index in [1.165, 1.54) is 13.4 Å². The van der Waals surface area contributed by atoms with Crippen molar-refractivity contribution < 1.29 is 13.9 Å². The van der Waals surface area contributed by atoms with Gasteiger partial charge in [0.15, 0.2) is 0 Å². The van der Waals surface area contributed by atoms with Crippen molar-refractivity contribution in [3.05, 3.63) is 23.7 Å². The molecule has 5 heteroatoms. The van der Waals surface area contributed by atoms with E-state index in [9.17, 15) is 4.79 Å². The van der Waals surface area contributed by atoms with E-state index in [1.807, 2.05) is 6.07 Å². The fourth-order valence-corrected chi connectivity index (χ4v) is 2.65. The molecule has 2 unspecified atom stereocenters. The van der Waals surface area contributed by atoms with Gasteiger partial charge in [-0.2, -0.15) is 0 Å². The number of furan rings is 1. The molecule has 0 spiro atoms. The summed E-state index contributed by atoms with van der Waals surface area (Å²) in [4.78, 5) is 13.9. The largest absolute Gasteiger partial charge is 0.463 e. The van der Waals surface area contributed by atoms with Crippen molar-refractivity contribution in [2.45, 2.75) is 25.9 Å². The number of carbonyl (C=O) groups is 1. The Morgan fingerprint density at radius 3 is 3.11 bits per heavy atom. The molecule has 2 rings (SSSR count). The molecule has 106 valence electrons. The van der Waals surface area contributed by atoms with Crippen LogP contribution in [-0.4, -0.2) is 44.2 Å². The van der Waals surface area contributed by atoms with Crippen molar-refractivity contribution in [3.8, 4) is 0 Å². The number of ether oxygens (including phenoxy) is 1. The molecular weight excluding hydrogens is 244 g/mol. The molecule has 2 atom stereocenters. The lowest BCUT2D eigenvalue weighted by Crippen LogP contribution is -2.46. The quantitative estimate of drug-likeness (QED) is 0.837. The van der Waals surface area contributed by atoms with Crippen LogP contribution in [0.5, 0.6) is 0 Å². The lowest BCUT2D eigenvalue weighted by Gasteiger charge is -2.35. The number of methoxy groups -OCH3 is 1. The molecule has 1 N–H and O–H groups in total. The summed E-state index contributed by atoms with van der Waals surface area (Å²) >= 11 is 0. The highest BCUT2D eigenvalue weighted by Gasteiger charge is 2.24. The highest BCUT2D eigenvalue weighted by molar-refractivity contribution is 5.87. The number of carbonyl (C=O) groups excluding carboxylic acids is 1. The monoisotopic (exact) mass is 266 g/mol. The Labute approximate surface area is 113 Å². The summed E-state index contributed by atoms with van der Waals surface area (Å²) in [6.07, 6.45) is 2.66. The van der Waals surface area contributed by atoms with Gasteiger partial charge in [0, 0.05) is 24.7 Å². The van der Waals surface area contributed by atoms with Gasteiger partial charge in [0.1, 0.15) is 0 Å². The van der Waals surface area contributed by atoms with Crippen molar-refractivity contribution in [3.63, 3.8) is 0 Å². The first kappa shape index (κ1) is 14.1. The Kier molecular flexibility index (Phi) is 4.61. The third kappa shape index (κ3) is 3.36. The maximum absolute atomic E-state index is 11.5. The fraction of sp³-hybridized carbons (Fsp3) is 0.643. The maximum atomic E-state index is 11.5. The van der Waals surface area contributed by atoms with Crippen LogP contribution in [0.25, 0.3) is 0 Å². The van der Waals surface area contributed by atoms with Crippen LogP contribution in [0.1, 0.15) is 29.5 Å². The molecule has 1 aromatic rings. The van der Waals surface area contributed by atoms with E-state index < -0.39 is 5.97 Å². The van der Waals surface area contributed by atoms with Crippen LogP contribution in [0.2, 0.25) is 0 Å². The first-order chi connectivity index (χ1) is 9.11. The SMILES string of the molecule is COC(=O)c1occc1CNC1CCN(C)CC1C. The molecule has 1 aromatic heterocycles. The Hall–Kier alpha value is -1.33. The van der Waals surface area contributed by atoms with Crippen molar-refractivity contribution in [1.82, 2.24) is 10.2 Å². The van der Waals surface area contributed by atoms with Crippen LogP contribution < -0.4 is 5.32 Å². The first-order valence-electron chi connectivity index (χ1n) is 6.68. The summed E-state index contributed by atoms with van der Waals surface area (Å²) in [7, 11) is 3.51. The van der Waals surface area contributed by atoms with Gasteiger partial charge < -0.3 is 19.4 Å². The minimum atomic E-state index is -0.418. The average Bonchev–Trinajstić information content (AvgIpc) is 2.85. The molecule has 1 aliphatic rings. The summed E-state index contributed by atoms with van der Waals surface area (Å²) in [6, 6.07) is 2.30. The highest BCUT2D eigenvalue weighted by atomic mass is 16.5. The fourth-order valence-electron chi connectivity index (χ4n) is 2.65. The third-order valence-electron chi connectivity index (χ3n) is 3.78. The first-order valence-corrected chi connectivity index (χ1v) is 6.68. The number of hydrogen-bond donors (Lipinski definition) is 1. The second kappa shape index (κ2) is 6.21. The maximum Gasteiger partial charge on any atom is 0.374 e. The zero-order chi connectivity index (χ0) is 13.8. The number of likely N-dealkylation sites (tertiary alicyclic amines) is 1. The molecule has 1 fully saturated rings. The summed E-state index contributed by atoms with van der Waals surface area (Å²) in [6.45, 7) is 5.10. The smallest absolute Gasteiger partial charge is 0.374 e. The highest BCUT2D eigenvalue weighted by Crippen LogP contribution is 2.17. The molecule has 19 heavy (non-hydrogen) atoms. The molecule has 1 saturated heterocycles. The second-order valence-electron chi connectivity index (χ2n) is 5.28. The number of hydrogen-bond acceptors (Lipinski definition) is 5. The van der Waals surface area contributed by atoms with Crippen molar-refractivity contribution in [2.75, 3.05) is 27.2 Å². The van der Waals surface area contributed by atoms with Crippen molar-refractivity contribution in [2.24, 2.45) is 5.92 Å². The summed E-state index contributed by atoms with van der Waals surface area (Å²) in [5.74, 6) is 0.487. The zero-order valence-corrected chi connectivity index (χ0v) is 11.8. The molecule has 0 saturated carbocycles. The van der Waals surface area contributed by atoms with Crippen LogP contribution in [0.4, 0.5) is 0 Å². The van der Waals surface area contributed by atoms with Crippen molar-refractivity contribution >= 4 is 5.97 Å². The van der Waals surface area contributed by atoms with Gasteiger partial charge in [-0.1, -0.05) is 6.92 Å². The van der Waals surface area contributed by atoms with Crippen LogP contribution in [-0.2, 0) is 11.3 Å². The minimum Gasteiger partial charge on any atom is -0.463 e. The second-order valence-corrected chi connectivity index (χ2v) is 5.28. The number of esters is 1. The Bertz CT molecular complexity index is 430. The van der Waals surface area contributed by atoms with E-state index in [4.69, 9.17) is 9.15 Å². The lowest BCUT2D eigenvalue weighted by atomic mass is 9.94. The minimum absolute atomic E-state index is 0.301. The van der Waals surface area contributed by atoms with Gasteiger partial charge in [0.25, 0.3) is 0 Å². The number of piperidine rings is 1. The van der Waals surface area contributed by atoms with Gasteiger partial charge in [-0.15, -0.1) is 0 Å². The van der Waals surface area contributed by atoms with Gasteiger partial charge in [-0.3, -0.25) is 0 Å². The molecule has 5 nitrogen and oxygen atoms in total. The number of rotatable bonds is 4. The van der Waals surface area contributed by atoms with Gasteiger partial charge >= 0.3 is 5.97 Å². The van der Waals surface area contributed by atoms with Crippen LogP contribution in [0.3, 0.4) is 0 Å². The molecule has 2 heterocycles. The Balaban J connectivity index is 1.92. The summed E-state index contributed by atoms with van der Waals surface area (Å²) < 4.78 is 9.87. The number of nitrogens with zero attached hydrogens (tertiary/aromatic N) is 1. The Morgan fingerprint density at radius 1 is 1.63 bits per heavy atom. The van der Waals surface area contributed by atoms with E-state index >= 15 is 0 Å². The predicted molar refractivity (Wildman–Crippen MR) is 72.0 cm³/mol. The number of nitrogens with one attached hydrogen (secondary N) is 1. The predicted octanol–water partition coefficient (Wildman–Crippen LogP) is 1.50. The zero-order valence-electron chi connectivity index (χ0n) is 11.8.